The van der Waals surface area contributed by atoms with Crippen LogP contribution in [0.5, 0.6) is 0 Å². The topological polar surface area (TPSA) is 82.8 Å². The van der Waals surface area contributed by atoms with Crippen LogP contribution in [0.15, 0.2) is 148 Å². The van der Waals surface area contributed by atoms with Gasteiger partial charge in [0.25, 0.3) is 0 Å². The molecule has 8 heteroatoms. The van der Waals surface area contributed by atoms with Gasteiger partial charge in [-0.25, -0.2) is 9.97 Å². The molecule has 0 amide bonds. The molecule has 0 saturated carbocycles. The van der Waals surface area contributed by atoms with Gasteiger partial charge in [-0.1, -0.05) is 123 Å². The van der Waals surface area contributed by atoms with Crippen LogP contribution < -0.4 is 0 Å². The molecular formula is C60H55IrN5O2-2. The standard InChI is InChI=1S/C45H39N4O2.C15H16N.Ir/c1-25(2)31-22-28(27-14-9-8-10-15-27)23-32(26(3)4)41(31)49-36-19-12-11-18-35(36)47-43(49)30-17-13-16-29-39-38(50-42(29)30)24-33-34(46-39)20-21-37-40(33)48-44(51-37)45(5,6)7;1-15(2,3)13-9-10-16-14(11-13)12-7-5-4-6-8-12;/h8-16,18-26H,1-7H3;4-7,9-11H,1-3H3;/q2*-1;. The quantitative estimate of drug-likeness (QED) is 0.154. The number of oxazole rings is 1. The van der Waals surface area contributed by atoms with Gasteiger partial charge in [-0.15, -0.1) is 54.1 Å². The molecule has 11 rings (SSSR count). The minimum Gasteiger partial charge on any atom is -0.499 e. The van der Waals surface area contributed by atoms with Crippen molar-refractivity contribution in [1.82, 2.24) is 24.5 Å². The second-order valence-corrected chi connectivity index (χ2v) is 20.2. The monoisotopic (exact) mass is 1070 g/mol. The fourth-order valence-electron chi connectivity index (χ4n) is 8.90. The zero-order chi connectivity index (χ0) is 46.8. The van der Waals surface area contributed by atoms with Gasteiger partial charge in [0.15, 0.2) is 5.58 Å². The zero-order valence-electron chi connectivity index (χ0n) is 40.3. The van der Waals surface area contributed by atoms with Gasteiger partial charge < -0.3 is 18.4 Å². The summed E-state index contributed by atoms with van der Waals surface area (Å²) in [6, 6.07) is 52.7. The van der Waals surface area contributed by atoms with Gasteiger partial charge in [0.05, 0.1) is 33.5 Å². The smallest absolute Gasteiger partial charge is 0.200 e. The Hall–Kier alpha value is -6.73. The third-order valence-electron chi connectivity index (χ3n) is 12.5. The van der Waals surface area contributed by atoms with E-state index in [4.69, 9.17) is 23.8 Å². The van der Waals surface area contributed by atoms with E-state index in [1.54, 1.807) is 0 Å². The van der Waals surface area contributed by atoms with Crippen LogP contribution in [0.1, 0.15) is 104 Å². The van der Waals surface area contributed by atoms with E-state index in [9.17, 15) is 0 Å². The second-order valence-electron chi connectivity index (χ2n) is 20.2. The van der Waals surface area contributed by atoms with Crippen molar-refractivity contribution in [2.45, 2.75) is 91.9 Å². The summed E-state index contributed by atoms with van der Waals surface area (Å²) in [4.78, 5) is 19.8. The first-order chi connectivity index (χ1) is 32.1. The van der Waals surface area contributed by atoms with Crippen LogP contribution in [0.25, 0.3) is 94.6 Å². The van der Waals surface area contributed by atoms with Gasteiger partial charge in [-0.05, 0) is 105 Å². The molecule has 11 aromatic rings. The number of furan rings is 1. The minimum absolute atomic E-state index is 0. The molecule has 0 aliphatic carbocycles. The number of pyridine rings is 2. The number of hydrogen-bond acceptors (Lipinski definition) is 6. The number of para-hydroxylation sites is 2. The van der Waals surface area contributed by atoms with Crippen molar-refractivity contribution in [2.24, 2.45) is 0 Å². The molecule has 7 nitrogen and oxygen atoms in total. The molecule has 0 aliphatic rings. The Labute approximate surface area is 412 Å². The molecule has 68 heavy (non-hydrogen) atoms. The number of fused-ring (bicyclic) bond motifs is 7. The molecule has 0 atom stereocenters. The van der Waals surface area contributed by atoms with E-state index in [1.807, 2.05) is 60.8 Å². The molecule has 5 heterocycles. The van der Waals surface area contributed by atoms with E-state index < -0.39 is 0 Å². The number of hydrogen-bond donors (Lipinski definition) is 0. The molecule has 0 unspecified atom stereocenters. The Morgan fingerprint density at radius 3 is 1.97 bits per heavy atom. The maximum absolute atomic E-state index is 6.78. The van der Waals surface area contributed by atoms with Gasteiger partial charge in [0, 0.05) is 42.8 Å². The van der Waals surface area contributed by atoms with Crippen molar-refractivity contribution >= 4 is 55.1 Å². The number of aromatic nitrogens is 5. The SMILES string of the molecule is CC(C)(C)c1ccnc(-c2[c-]cccc2)c1.CC(C)c1cc(-c2ccccc2)cc(C(C)C)c1-n1c(-c2[c-]ccc3c2oc2cc4c(ccc5oc(C(C)(C)C)nc54)nc23)nc2ccccc21.[Ir]. The average Bonchev–Trinajstić information content (AvgIpc) is 4.05. The van der Waals surface area contributed by atoms with Crippen LogP contribution in [0.4, 0.5) is 0 Å². The fourth-order valence-corrected chi connectivity index (χ4v) is 8.90. The first-order valence-corrected chi connectivity index (χ1v) is 23.3. The summed E-state index contributed by atoms with van der Waals surface area (Å²) in [7, 11) is 0. The van der Waals surface area contributed by atoms with Crippen molar-refractivity contribution in [3.8, 4) is 39.5 Å². The number of benzene rings is 6. The summed E-state index contributed by atoms with van der Waals surface area (Å²) in [6.45, 7) is 22.0. The van der Waals surface area contributed by atoms with E-state index in [1.165, 1.54) is 27.8 Å². The molecule has 5 aromatic heterocycles. The average molecular weight is 1070 g/mol. The molecule has 0 N–H and O–H groups in total. The predicted molar refractivity (Wildman–Crippen MR) is 275 cm³/mol. The van der Waals surface area contributed by atoms with Gasteiger partial charge in [-0.3, -0.25) is 4.98 Å². The van der Waals surface area contributed by atoms with Crippen LogP contribution in [-0.4, -0.2) is 24.5 Å². The van der Waals surface area contributed by atoms with Crippen molar-refractivity contribution in [3.63, 3.8) is 0 Å². The van der Waals surface area contributed by atoms with Crippen LogP contribution in [0.3, 0.4) is 0 Å². The largest absolute Gasteiger partial charge is 0.499 e. The molecular weight excluding hydrogens is 1010 g/mol. The second kappa shape index (κ2) is 18.1. The summed E-state index contributed by atoms with van der Waals surface area (Å²) in [6.07, 6.45) is 1.87. The third-order valence-corrected chi connectivity index (χ3v) is 12.5. The molecule has 0 aliphatic heterocycles. The van der Waals surface area contributed by atoms with E-state index in [0.29, 0.717) is 17.1 Å². The maximum Gasteiger partial charge on any atom is 0.200 e. The summed E-state index contributed by atoms with van der Waals surface area (Å²) in [5, 5.41) is 1.82. The van der Waals surface area contributed by atoms with Gasteiger partial charge in [-0.2, -0.15) is 0 Å². The first kappa shape index (κ1) is 46.4. The van der Waals surface area contributed by atoms with Crippen LogP contribution >= 0.6 is 0 Å². The van der Waals surface area contributed by atoms with E-state index in [2.05, 4.69) is 170 Å². The molecule has 0 spiro atoms. The van der Waals surface area contributed by atoms with E-state index in [-0.39, 0.29) is 42.8 Å². The van der Waals surface area contributed by atoms with Crippen LogP contribution in [0.2, 0.25) is 0 Å². The number of rotatable bonds is 6. The van der Waals surface area contributed by atoms with Gasteiger partial charge in [0.2, 0.25) is 5.89 Å². The fraction of sp³-hybridized carbons (Fsp3) is 0.233. The Balaban J connectivity index is 0.000000289. The number of imidazole rings is 1. The van der Waals surface area contributed by atoms with Crippen molar-refractivity contribution in [1.29, 1.82) is 0 Å². The molecule has 0 fully saturated rings. The Bertz CT molecular complexity index is 3580. The molecule has 6 aromatic carbocycles. The zero-order valence-corrected chi connectivity index (χ0v) is 42.7. The van der Waals surface area contributed by atoms with E-state index in [0.717, 1.165) is 72.3 Å². The van der Waals surface area contributed by atoms with Crippen molar-refractivity contribution in [2.75, 3.05) is 0 Å². The minimum atomic E-state index is -0.217. The predicted octanol–water partition coefficient (Wildman–Crippen LogP) is 16.1. The number of nitrogens with zero attached hydrogens (tertiary/aromatic N) is 5. The van der Waals surface area contributed by atoms with Gasteiger partial charge >= 0.3 is 0 Å². The van der Waals surface area contributed by atoms with Crippen molar-refractivity contribution in [3.05, 3.63) is 174 Å². The summed E-state index contributed by atoms with van der Waals surface area (Å²) in [5.41, 5.74) is 16.7. The molecule has 0 bridgehead atoms. The molecule has 1 radical (unpaired) electrons. The van der Waals surface area contributed by atoms with E-state index >= 15 is 0 Å². The summed E-state index contributed by atoms with van der Waals surface area (Å²) in [5.74, 6) is 1.99. The Morgan fingerprint density at radius 1 is 0.574 bits per heavy atom. The van der Waals surface area contributed by atoms with Crippen molar-refractivity contribution < 1.29 is 28.9 Å². The maximum atomic E-state index is 6.78. The summed E-state index contributed by atoms with van der Waals surface area (Å²) < 4.78 is 15.3. The van der Waals surface area contributed by atoms with Crippen LogP contribution in [0, 0.1) is 12.1 Å². The van der Waals surface area contributed by atoms with Crippen LogP contribution in [-0.2, 0) is 30.9 Å². The Morgan fingerprint density at radius 2 is 1.28 bits per heavy atom. The Kier molecular flexibility index (Phi) is 12.3. The molecule has 0 saturated heterocycles. The van der Waals surface area contributed by atoms with Gasteiger partial charge in [0.1, 0.15) is 11.1 Å². The summed E-state index contributed by atoms with van der Waals surface area (Å²) >= 11 is 0. The molecule has 343 valence electrons. The normalized spacial score (nSPS) is 12.1. The first-order valence-electron chi connectivity index (χ1n) is 23.3. The third kappa shape index (κ3) is 8.57.